The Labute approximate surface area is 156 Å². The van der Waals surface area contributed by atoms with Gasteiger partial charge >= 0.3 is 5.97 Å². The second-order valence-corrected chi connectivity index (χ2v) is 7.27. The molecule has 3 heteroatoms. The molecular weight excluding hydrogens is 312 g/mol. The van der Waals surface area contributed by atoms with E-state index < -0.39 is 0 Å². The van der Waals surface area contributed by atoms with Crippen molar-refractivity contribution < 1.29 is 14.3 Å². The highest BCUT2D eigenvalue weighted by atomic mass is 16.5. The third kappa shape index (κ3) is 19.3. The van der Waals surface area contributed by atoms with Crippen LogP contribution in [-0.4, -0.2) is 18.9 Å². The molecule has 0 atom stereocenters. The highest BCUT2D eigenvalue weighted by molar-refractivity contribution is 5.77. The summed E-state index contributed by atoms with van der Waals surface area (Å²) >= 11 is 0. The van der Waals surface area contributed by atoms with Crippen molar-refractivity contribution in [3.8, 4) is 0 Å². The maximum atomic E-state index is 11.2. The van der Waals surface area contributed by atoms with Gasteiger partial charge in [0.15, 0.2) is 0 Å². The van der Waals surface area contributed by atoms with E-state index in [0.29, 0.717) is 18.6 Å². The van der Waals surface area contributed by atoms with Gasteiger partial charge in [0, 0.05) is 19.3 Å². The number of hydrogen-bond donors (Lipinski definition) is 0. The van der Waals surface area contributed by atoms with Gasteiger partial charge in [0.05, 0.1) is 7.11 Å². The number of ether oxygens (including phenoxy) is 1. The lowest BCUT2D eigenvalue weighted by Crippen LogP contribution is -1.99. The van der Waals surface area contributed by atoms with Crippen LogP contribution in [0.4, 0.5) is 0 Å². The third-order valence-corrected chi connectivity index (χ3v) is 4.96. The fourth-order valence-electron chi connectivity index (χ4n) is 3.17. The van der Waals surface area contributed by atoms with E-state index in [1.54, 1.807) is 0 Å². The molecule has 0 fully saturated rings. The first-order valence-corrected chi connectivity index (χ1v) is 10.8. The van der Waals surface area contributed by atoms with Crippen LogP contribution < -0.4 is 0 Å². The molecule has 0 aliphatic rings. The first-order chi connectivity index (χ1) is 12.2. The van der Waals surface area contributed by atoms with E-state index in [9.17, 15) is 9.59 Å². The van der Waals surface area contributed by atoms with E-state index in [1.165, 1.54) is 84.2 Å². The number of unbranched alkanes of at least 4 members (excludes halogenated alkanes) is 14. The molecule has 0 N–H and O–H groups in total. The Balaban J connectivity index is 3.05. The maximum Gasteiger partial charge on any atom is 0.305 e. The smallest absolute Gasteiger partial charge is 0.305 e. The number of carbonyl (C=O) groups excluding carboxylic acids is 2. The summed E-state index contributed by atoms with van der Waals surface area (Å²) in [6, 6.07) is 0. The number of Topliss-reactive ketones (excluding diaryl/α,β-unsaturated/α-hetero) is 1. The zero-order valence-electron chi connectivity index (χ0n) is 17.0. The molecule has 3 nitrogen and oxygen atoms in total. The lowest BCUT2D eigenvalue weighted by atomic mass is 10.0. The van der Waals surface area contributed by atoms with Crippen molar-refractivity contribution in [3.05, 3.63) is 0 Å². The van der Waals surface area contributed by atoms with Gasteiger partial charge in [-0.25, -0.2) is 0 Å². The van der Waals surface area contributed by atoms with Crippen LogP contribution in [-0.2, 0) is 14.3 Å². The van der Waals surface area contributed by atoms with Crippen LogP contribution >= 0.6 is 0 Å². The van der Waals surface area contributed by atoms with E-state index in [-0.39, 0.29) is 5.97 Å². The monoisotopic (exact) mass is 354 g/mol. The average Bonchev–Trinajstić information content (AvgIpc) is 2.63. The van der Waals surface area contributed by atoms with Crippen LogP contribution in [0, 0.1) is 0 Å². The van der Waals surface area contributed by atoms with Gasteiger partial charge in [-0.1, -0.05) is 90.4 Å². The SMILES string of the molecule is CCC(=O)CCCCCCCCCCCCCCCCCC(=O)OC. The van der Waals surface area contributed by atoms with E-state index in [0.717, 1.165) is 25.7 Å². The predicted molar refractivity (Wildman–Crippen MR) is 106 cm³/mol. The Kier molecular flexibility index (Phi) is 18.8. The molecule has 0 aromatic heterocycles. The molecule has 0 bridgehead atoms. The van der Waals surface area contributed by atoms with Crippen molar-refractivity contribution in [3.63, 3.8) is 0 Å². The van der Waals surface area contributed by atoms with Crippen LogP contribution in [0.3, 0.4) is 0 Å². The first kappa shape index (κ1) is 24.1. The fraction of sp³-hybridized carbons (Fsp3) is 0.909. The number of carbonyl (C=O) groups is 2. The lowest BCUT2D eigenvalue weighted by molar-refractivity contribution is -0.140. The Morgan fingerprint density at radius 1 is 0.560 bits per heavy atom. The van der Waals surface area contributed by atoms with E-state index in [2.05, 4.69) is 4.74 Å². The molecule has 0 heterocycles. The van der Waals surface area contributed by atoms with Gasteiger partial charge in [-0.2, -0.15) is 0 Å². The molecule has 0 aliphatic carbocycles. The summed E-state index contributed by atoms with van der Waals surface area (Å²) < 4.78 is 4.64. The highest BCUT2D eigenvalue weighted by Gasteiger charge is 1.99. The summed E-state index contributed by atoms with van der Waals surface area (Å²) in [5.41, 5.74) is 0. The molecular formula is C22H42O3. The fourth-order valence-corrected chi connectivity index (χ4v) is 3.17. The van der Waals surface area contributed by atoms with Gasteiger partial charge in [0.2, 0.25) is 0 Å². The normalized spacial score (nSPS) is 10.8. The summed E-state index contributed by atoms with van der Waals surface area (Å²) in [4.78, 5) is 22.1. The van der Waals surface area contributed by atoms with E-state index in [1.807, 2.05) is 6.92 Å². The van der Waals surface area contributed by atoms with E-state index >= 15 is 0 Å². The van der Waals surface area contributed by atoms with Gasteiger partial charge in [0.1, 0.15) is 5.78 Å². The molecule has 0 aliphatic heterocycles. The lowest BCUT2D eigenvalue weighted by Gasteiger charge is -2.03. The van der Waals surface area contributed by atoms with Crippen LogP contribution in [0.25, 0.3) is 0 Å². The summed E-state index contributed by atoms with van der Waals surface area (Å²) in [6.07, 6.45) is 21.3. The quantitative estimate of drug-likeness (QED) is 0.190. The van der Waals surface area contributed by atoms with Gasteiger partial charge in [-0.3, -0.25) is 9.59 Å². The second-order valence-electron chi connectivity index (χ2n) is 7.27. The Morgan fingerprint density at radius 3 is 1.20 bits per heavy atom. The zero-order valence-corrected chi connectivity index (χ0v) is 17.0. The largest absolute Gasteiger partial charge is 0.469 e. The van der Waals surface area contributed by atoms with Crippen LogP contribution in [0.1, 0.15) is 122 Å². The minimum atomic E-state index is -0.0772. The van der Waals surface area contributed by atoms with Crippen molar-refractivity contribution in [1.29, 1.82) is 0 Å². The molecule has 0 unspecified atom stereocenters. The van der Waals surface area contributed by atoms with Crippen molar-refractivity contribution >= 4 is 11.8 Å². The molecule has 0 aromatic carbocycles. The maximum absolute atomic E-state index is 11.2. The molecule has 148 valence electrons. The van der Waals surface area contributed by atoms with E-state index in [4.69, 9.17) is 0 Å². The van der Waals surface area contributed by atoms with Gasteiger partial charge < -0.3 is 4.74 Å². The van der Waals surface area contributed by atoms with Crippen LogP contribution in [0.15, 0.2) is 0 Å². The Hall–Kier alpha value is -0.860. The number of rotatable bonds is 19. The summed E-state index contributed by atoms with van der Waals surface area (Å²) in [5, 5.41) is 0. The van der Waals surface area contributed by atoms with Crippen molar-refractivity contribution in [2.24, 2.45) is 0 Å². The van der Waals surface area contributed by atoms with Crippen LogP contribution in [0.2, 0.25) is 0 Å². The summed E-state index contributed by atoms with van der Waals surface area (Å²) in [7, 11) is 1.46. The molecule has 0 aromatic rings. The molecule has 0 spiro atoms. The number of hydrogen-bond acceptors (Lipinski definition) is 3. The minimum absolute atomic E-state index is 0.0772. The number of methoxy groups -OCH3 is 1. The Morgan fingerprint density at radius 2 is 0.880 bits per heavy atom. The van der Waals surface area contributed by atoms with Crippen molar-refractivity contribution in [1.82, 2.24) is 0 Å². The average molecular weight is 355 g/mol. The Bertz CT molecular complexity index is 282. The number of ketones is 1. The summed E-state index contributed by atoms with van der Waals surface area (Å²) in [6.45, 7) is 1.95. The minimum Gasteiger partial charge on any atom is -0.469 e. The first-order valence-electron chi connectivity index (χ1n) is 10.8. The topological polar surface area (TPSA) is 43.4 Å². The van der Waals surface area contributed by atoms with Crippen LogP contribution in [0.5, 0.6) is 0 Å². The van der Waals surface area contributed by atoms with Gasteiger partial charge in [-0.15, -0.1) is 0 Å². The predicted octanol–water partition coefficient (Wildman–Crippen LogP) is 6.77. The third-order valence-electron chi connectivity index (χ3n) is 4.96. The molecule has 0 saturated carbocycles. The second kappa shape index (κ2) is 19.5. The molecule has 25 heavy (non-hydrogen) atoms. The van der Waals surface area contributed by atoms with Crippen molar-refractivity contribution in [2.45, 2.75) is 122 Å². The molecule has 0 rings (SSSR count). The molecule has 0 amide bonds. The highest BCUT2D eigenvalue weighted by Crippen LogP contribution is 2.14. The number of esters is 1. The van der Waals surface area contributed by atoms with Gasteiger partial charge in [-0.05, 0) is 12.8 Å². The molecule has 0 radical (unpaired) electrons. The van der Waals surface area contributed by atoms with Crippen molar-refractivity contribution in [2.75, 3.05) is 7.11 Å². The zero-order chi connectivity index (χ0) is 18.6. The molecule has 0 saturated heterocycles. The summed E-state index contributed by atoms with van der Waals surface area (Å²) in [5.74, 6) is 0.341. The standard InChI is InChI=1S/C22H42O3/c1-3-21(23)19-17-15-13-11-9-7-5-4-6-8-10-12-14-16-18-20-22(24)25-2/h3-20H2,1-2H3. The van der Waals surface area contributed by atoms with Gasteiger partial charge in [0.25, 0.3) is 0 Å².